The summed E-state index contributed by atoms with van der Waals surface area (Å²) in [4.78, 5) is 20.1. The maximum atomic E-state index is 13.1. The quantitative estimate of drug-likeness (QED) is 0.284. The summed E-state index contributed by atoms with van der Waals surface area (Å²) in [6.45, 7) is 7.90. The van der Waals surface area contributed by atoms with Crippen molar-refractivity contribution in [1.29, 1.82) is 0 Å². The van der Waals surface area contributed by atoms with Gasteiger partial charge in [-0.25, -0.2) is 10.4 Å². The second-order valence-corrected chi connectivity index (χ2v) is 9.10. The largest absolute Gasteiger partial charge is 0.491 e. The van der Waals surface area contributed by atoms with Gasteiger partial charge in [0.1, 0.15) is 5.75 Å². The molecule has 0 radical (unpaired) electrons. The number of aryl methyl sites for hydroxylation is 1. The minimum atomic E-state index is -0.266. The molecule has 2 aromatic heterocycles. The van der Waals surface area contributed by atoms with Crippen LogP contribution in [0.2, 0.25) is 0 Å². The highest BCUT2D eigenvalue weighted by Gasteiger charge is 2.14. The first-order chi connectivity index (χ1) is 15.4. The van der Waals surface area contributed by atoms with Crippen molar-refractivity contribution in [2.24, 2.45) is 5.10 Å². The molecule has 32 heavy (non-hydrogen) atoms. The molecule has 6 heteroatoms. The lowest BCUT2D eigenvalue weighted by Crippen LogP contribution is -2.20. The van der Waals surface area contributed by atoms with Crippen LogP contribution in [-0.4, -0.2) is 22.7 Å². The van der Waals surface area contributed by atoms with Crippen LogP contribution in [0, 0.1) is 6.92 Å². The highest BCUT2D eigenvalue weighted by Crippen LogP contribution is 2.29. The Morgan fingerprint density at radius 3 is 2.50 bits per heavy atom. The topological polar surface area (TPSA) is 63.6 Å². The minimum absolute atomic E-state index is 0.119. The van der Waals surface area contributed by atoms with E-state index in [1.54, 1.807) is 11.3 Å². The summed E-state index contributed by atoms with van der Waals surface area (Å²) in [6.07, 6.45) is 0.119. The van der Waals surface area contributed by atoms with E-state index in [0.717, 1.165) is 32.8 Å². The van der Waals surface area contributed by atoms with Crippen LogP contribution in [0.15, 0.2) is 71.8 Å². The lowest BCUT2D eigenvalue weighted by molar-refractivity contribution is 0.0956. The number of rotatable bonds is 6. The van der Waals surface area contributed by atoms with E-state index in [1.807, 2.05) is 81.4 Å². The van der Waals surface area contributed by atoms with Crippen molar-refractivity contribution in [1.82, 2.24) is 10.4 Å². The molecule has 5 nitrogen and oxygen atoms in total. The standard InChI is InChI=1S/C26H25N3O2S/c1-16(2)31-20-12-10-19(11-13-20)18(4)28-29-26(30)22-15-24(25-14-9-17(3)32-25)27-23-8-6-5-7-21(22)23/h5-16H,1-4H3,(H,29,30). The SMILES string of the molecule is CC(=NNC(=O)c1cc(-c2ccc(C)s2)nc2ccccc12)c1ccc(OC(C)C)cc1. The normalized spacial score (nSPS) is 11.7. The molecule has 2 heterocycles. The van der Waals surface area contributed by atoms with E-state index in [9.17, 15) is 4.79 Å². The molecule has 1 amide bonds. The number of nitrogens with zero attached hydrogens (tertiary/aromatic N) is 2. The number of carbonyl (C=O) groups excluding carboxylic acids is 1. The van der Waals surface area contributed by atoms with Crippen molar-refractivity contribution in [2.45, 2.75) is 33.8 Å². The van der Waals surface area contributed by atoms with Gasteiger partial charge in [0.15, 0.2) is 0 Å². The number of ether oxygens (including phenoxy) is 1. The fourth-order valence-corrected chi connectivity index (χ4v) is 4.20. The summed E-state index contributed by atoms with van der Waals surface area (Å²) < 4.78 is 5.68. The second-order valence-electron chi connectivity index (χ2n) is 7.81. The summed E-state index contributed by atoms with van der Waals surface area (Å²) in [6, 6.07) is 21.3. The Bertz CT molecular complexity index is 1290. The molecule has 162 valence electrons. The summed E-state index contributed by atoms with van der Waals surface area (Å²) in [5.41, 5.74) is 6.45. The highest BCUT2D eigenvalue weighted by atomic mass is 32.1. The third-order valence-electron chi connectivity index (χ3n) is 4.92. The number of hydrogen-bond donors (Lipinski definition) is 1. The first-order valence-corrected chi connectivity index (χ1v) is 11.3. The van der Waals surface area contributed by atoms with E-state index in [-0.39, 0.29) is 12.0 Å². The van der Waals surface area contributed by atoms with Gasteiger partial charge in [0, 0.05) is 10.3 Å². The maximum absolute atomic E-state index is 13.1. The molecule has 0 fully saturated rings. The van der Waals surface area contributed by atoms with Crippen LogP contribution in [0.5, 0.6) is 5.75 Å². The lowest BCUT2D eigenvalue weighted by Gasteiger charge is -2.10. The van der Waals surface area contributed by atoms with Crippen molar-refractivity contribution >= 4 is 33.9 Å². The summed E-state index contributed by atoms with van der Waals surface area (Å²) in [5.74, 6) is 0.539. The molecule has 0 saturated carbocycles. The average Bonchev–Trinajstić information content (AvgIpc) is 3.23. The molecule has 0 spiro atoms. The zero-order valence-corrected chi connectivity index (χ0v) is 19.4. The van der Waals surface area contributed by atoms with Gasteiger partial charge in [-0.2, -0.15) is 5.10 Å². The summed E-state index contributed by atoms with van der Waals surface area (Å²) in [7, 11) is 0. The number of hydrazone groups is 1. The van der Waals surface area contributed by atoms with Gasteiger partial charge in [-0.3, -0.25) is 4.79 Å². The monoisotopic (exact) mass is 443 g/mol. The molecule has 1 N–H and O–H groups in total. The van der Waals surface area contributed by atoms with E-state index in [1.165, 1.54) is 4.88 Å². The molecule has 4 aromatic rings. The van der Waals surface area contributed by atoms with Crippen LogP contribution in [0.3, 0.4) is 0 Å². The van der Waals surface area contributed by atoms with Crippen molar-refractivity contribution in [2.75, 3.05) is 0 Å². The Kier molecular flexibility index (Phi) is 6.32. The third-order valence-corrected chi connectivity index (χ3v) is 5.95. The zero-order chi connectivity index (χ0) is 22.7. The smallest absolute Gasteiger partial charge is 0.272 e. The second kappa shape index (κ2) is 9.32. The van der Waals surface area contributed by atoms with Crippen LogP contribution in [0.1, 0.15) is 41.6 Å². The van der Waals surface area contributed by atoms with Gasteiger partial charge >= 0.3 is 0 Å². The maximum Gasteiger partial charge on any atom is 0.272 e. The van der Waals surface area contributed by atoms with Gasteiger partial charge in [-0.15, -0.1) is 11.3 Å². The summed E-state index contributed by atoms with van der Waals surface area (Å²) >= 11 is 1.66. The molecule has 0 aliphatic carbocycles. The number of thiophene rings is 1. The molecule has 0 atom stereocenters. The van der Waals surface area contributed by atoms with Gasteiger partial charge in [0.2, 0.25) is 0 Å². The van der Waals surface area contributed by atoms with E-state index >= 15 is 0 Å². The Hall–Kier alpha value is -3.51. The van der Waals surface area contributed by atoms with Crippen LogP contribution in [-0.2, 0) is 0 Å². The fourth-order valence-electron chi connectivity index (χ4n) is 3.37. The molecule has 0 bridgehead atoms. The third kappa shape index (κ3) is 4.86. The van der Waals surface area contributed by atoms with Gasteiger partial charge in [0.25, 0.3) is 5.91 Å². The number of aromatic nitrogens is 1. The van der Waals surface area contributed by atoms with E-state index in [2.05, 4.69) is 23.5 Å². The summed E-state index contributed by atoms with van der Waals surface area (Å²) in [5, 5.41) is 5.13. The van der Waals surface area contributed by atoms with Crippen molar-refractivity contribution < 1.29 is 9.53 Å². The number of nitrogens with one attached hydrogen (secondary N) is 1. The molecule has 0 saturated heterocycles. The van der Waals surface area contributed by atoms with Gasteiger partial charge in [-0.05, 0) is 81.8 Å². The highest BCUT2D eigenvalue weighted by molar-refractivity contribution is 7.15. The van der Waals surface area contributed by atoms with E-state index in [4.69, 9.17) is 9.72 Å². The molecule has 0 unspecified atom stereocenters. The van der Waals surface area contributed by atoms with Gasteiger partial charge < -0.3 is 4.74 Å². The lowest BCUT2D eigenvalue weighted by atomic mass is 10.1. The molecule has 0 aliphatic rings. The first kappa shape index (κ1) is 21.7. The molecule has 4 rings (SSSR count). The first-order valence-electron chi connectivity index (χ1n) is 10.5. The molecule has 2 aromatic carbocycles. The molecular weight excluding hydrogens is 418 g/mol. The number of pyridine rings is 1. The average molecular weight is 444 g/mol. The Balaban J connectivity index is 1.60. The van der Waals surface area contributed by atoms with Crippen LogP contribution in [0.4, 0.5) is 0 Å². The van der Waals surface area contributed by atoms with Crippen LogP contribution in [0.25, 0.3) is 21.5 Å². The van der Waals surface area contributed by atoms with Gasteiger partial charge in [0.05, 0.1) is 33.5 Å². The fraction of sp³-hybridized carbons (Fsp3) is 0.192. The van der Waals surface area contributed by atoms with Crippen molar-refractivity contribution in [3.8, 4) is 16.3 Å². The van der Waals surface area contributed by atoms with Crippen molar-refractivity contribution in [3.05, 3.63) is 82.7 Å². The van der Waals surface area contributed by atoms with E-state index < -0.39 is 0 Å². The molecule has 0 aliphatic heterocycles. The predicted molar refractivity (Wildman–Crippen MR) is 132 cm³/mol. The Labute approximate surface area is 191 Å². The van der Waals surface area contributed by atoms with Crippen LogP contribution < -0.4 is 10.2 Å². The van der Waals surface area contributed by atoms with Crippen LogP contribution >= 0.6 is 11.3 Å². The van der Waals surface area contributed by atoms with E-state index in [0.29, 0.717) is 11.3 Å². The Morgan fingerprint density at radius 2 is 1.81 bits per heavy atom. The van der Waals surface area contributed by atoms with Crippen molar-refractivity contribution in [3.63, 3.8) is 0 Å². The zero-order valence-electron chi connectivity index (χ0n) is 18.5. The number of amides is 1. The number of benzene rings is 2. The number of carbonyl (C=O) groups is 1. The Morgan fingerprint density at radius 1 is 1.06 bits per heavy atom. The number of para-hydroxylation sites is 1. The predicted octanol–water partition coefficient (Wildman–Crippen LogP) is 6.21. The number of fused-ring (bicyclic) bond motifs is 1. The van der Waals surface area contributed by atoms with Gasteiger partial charge in [-0.1, -0.05) is 18.2 Å². The number of hydrogen-bond acceptors (Lipinski definition) is 5. The molecular formula is C26H25N3O2S. The minimum Gasteiger partial charge on any atom is -0.491 e.